The molecule has 2 amide bonds. The quantitative estimate of drug-likeness (QED) is 0.687. The van der Waals surface area contributed by atoms with Crippen LogP contribution in [0.1, 0.15) is 25.2 Å². The van der Waals surface area contributed by atoms with Gasteiger partial charge in [-0.3, -0.25) is 14.9 Å². The van der Waals surface area contributed by atoms with Crippen molar-refractivity contribution >= 4 is 11.8 Å². The van der Waals surface area contributed by atoms with Crippen molar-refractivity contribution in [2.45, 2.75) is 38.9 Å². The van der Waals surface area contributed by atoms with E-state index in [1.54, 1.807) is 25.2 Å². The van der Waals surface area contributed by atoms with E-state index in [0.29, 0.717) is 19.5 Å². The molecule has 0 aliphatic carbocycles. The molecule has 2 atom stereocenters. The van der Waals surface area contributed by atoms with Gasteiger partial charge in [-0.25, -0.2) is 4.98 Å². The van der Waals surface area contributed by atoms with E-state index in [-0.39, 0.29) is 17.9 Å². The largest absolute Gasteiger partial charge is 0.347 e. The Kier molecular flexibility index (Phi) is 4.39. The van der Waals surface area contributed by atoms with E-state index in [2.05, 4.69) is 20.6 Å². The molecule has 0 aromatic carbocycles. The number of aromatic nitrogens is 2. The van der Waals surface area contributed by atoms with Crippen LogP contribution in [0.15, 0.2) is 6.33 Å². The molecule has 20 heavy (non-hydrogen) atoms. The fraction of sp³-hybridized carbons (Fsp3) is 0.615. The maximum Gasteiger partial charge on any atom is 0.244 e. The highest BCUT2D eigenvalue weighted by Crippen LogP contribution is 2.12. The number of imidazole rings is 1. The maximum atomic E-state index is 12.2. The maximum absolute atomic E-state index is 12.2. The molecule has 0 saturated heterocycles. The smallest absolute Gasteiger partial charge is 0.244 e. The number of fused-ring (bicyclic) bond motifs is 1. The van der Waals surface area contributed by atoms with Crippen LogP contribution in [0.3, 0.4) is 0 Å². The zero-order valence-electron chi connectivity index (χ0n) is 12.1. The van der Waals surface area contributed by atoms with Crippen molar-refractivity contribution in [3.8, 4) is 0 Å². The van der Waals surface area contributed by atoms with E-state index in [9.17, 15) is 9.59 Å². The zero-order chi connectivity index (χ0) is 14.7. The Labute approximate surface area is 118 Å². The first kappa shape index (κ1) is 14.5. The Morgan fingerprint density at radius 3 is 3.05 bits per heavy atom. The minimum Gasteiger partial charge on any atom is -0.347 e. The average molecular weight is 279 g/mol. The predicted molar refractivity (Wildman–Crippen MR) is 73.8 cm³/mol. The molecule has 0 fully saturated rings. The summed E-state index contributed by atoms with van der Waals surface area (Å²) in [6, 6.07) is -0.859. The molecule has 3 N–H and O–H groups in total. The molecule has 2 unspecified atom stereocenters. The monoisotopic (exact) mass is 279 g/mol. The van der Waals surface area contributed by atoms with E-state index in [4.69, 9.17) is 0 Å². The number of hydrogen-bond acceptors (Lipinski definition) is 4. The summed E-state index contributed by atoms with van der Waals surface area (Å²) in [6.45, 7) is 4.81. The molecule has 110 valence electrons. The lowest BCUT2D eigenvalue weighted by Crippen LogP contribution is -2.53. The van der Waals surface area contributed by atoms with Gasteiger partial charge in [0.2, 0.25) is 11.8 Å². The first-order valence-electron chi connectivity index (χ1n) is 6.82. The summed E-state index contributed by atoms with van der Waals surface area (Å²) in [6.07, 6.45) is 2.17. The molecular formula is C13H21N5O2. The van der Waals surface area contributed by atoms with Gasteiger partial charge in [0.1, 0.15) is 6.04 Å². The van der Waals surface area contributed by atoms with Gasteiger partial charge in [-0.15, -0.1) is 0 Å². The van der Waals surface area contributed by atoms with Gasteiger partial charge in [-0.2, -0.15) is 0 Å². The molecule has 1 aliphatic heterocycles. The number of nitrogens with zero attached hydrogens (tertiary/aromatic N) is 2. The minimum absolute atomic E-state index is 0.0860. The molecular weight excluding hydrogens is 258 g/mol. The zero-order valence-corrected chi connectivity index (χ0v) is 12.1. The molecule has 7 nitrogen and oxygen atoms in total. The lowest BCUT2D eigenvalue weighted by Gasteiger charge is -2.25. The molecule has 1 aromatic rings. The topological polar surface area (TPSA) is 90.1 Å². The Hall–Kier alpha value is -1.89. The molecule has 0 saturated carbocycles. The number of carbonyl (C=O) groups excluding carboxylic acids is 2. The van der Waals surface area contributed by atoms with Gasteiger partial charge in [0.15, 0.2) is 0 Å². The van der Waals surface area contributed by atoms with Crippen molar-refractivity contribution in [3.05, 3.63) is 17.7 Å². The minimum atomic E-state index is -0.519. The van der Waals surface area contributed by atoms with Gasteiger partial charge < -0.3 is 15.2 Å². The first-order chi connectivity index (χ1) is 9.52. The predicted octanol–water partition coefficient (Wildman–Crippen LogP) is -0.593. The second kappa shape index (κ2) is 6.04. The van der Waals surface area contributed by atoms with E-state index >= 15 is 0 Å². The van der Waals surface area contributed by atoms with E-state index in [1.807, 2.05) is 6.92 Å². The van der Waals surface area contributed by atoms with Crippen molar-refractivity contribution in [1.82, 2.24) is 25.5 Å². The van der Waals surface area contributed by atoms with Gasteiger partial charge in [-0.1, -0.05) is 0 Å². The Morgan fingerprint density at radius 1 is 1.60 bits per heavy atom. The van der Waals surface area contributed by atoms with Gasteiger partial charge >= 0.3 is 0 Å². The Morgan fingerprint density at radius 2 is 2.35 bits per heavy atom. The lowest BCUT2D eigenvalue weighted by atomic mass is 10.0. The summed E-state index contributed by atoms with van der Waals surface area (Å²) >= 11 is 0. The number of nitrogens with one attached hydrogen (secondary N) is 3. The molecule has 0 bridgehead atoms. The third-order valence-corrected chi connectivity index (χ3v) is 3.63. The lowest BCUT2D eigenvalue weighted by molar-refractivity contribution is -0.135. The second-order valence-corrected chi connectivity index (χ2v) is 5.05. The van der Waals surface area contributed by atoms with Crippen molar-refractivity contribution in [3.63, 3.8) is 0 Å². The van der Waals surface area contributed by atoms with E-state index < -0.39 is 6.04 Å². The molecule has 1 aromatic heterocycles. The molecule has 2 heterocycles. The fourth-order valence-corrected chi connectivity index (χ4v) is 2.22. The van der Waals surface area contributed by atoms with Crippen LogP contribution in [0.2, 0.25) is 0 Å². The Balaban J connectivity index is 1.91. The second-order valence-electron chi connectivity index (χ2n) is 5.05. The van der Waals surface area contributed by atoms with Crippen molar-refractivity contribution in [2.75, 3.05) is 13.6 Å². The van der Waals surface area contributed by atoms with Crippen LogP contribution in [0, 0.1) is 0 Å². The normalized spacial score (nSPS) is 19.1. The van der Waals surface area contributed by atoms with Gasteiger partial charge in [0.05, 0.1) is 23.8 Å². The van der Waals surface area contributed by atoms with Crippen LogP contribution in [0.5, 0.6) is 0 Å². The van der Waals surface area contributed by atoms with Crippen LogP contribution in [-0.4, -0.2) is 52.4 Å². The van der Waals surface area contributed by atoms with Crippen LogP contribution >= 0.6 is 0 Å². The molecule has 2 rings (SSSR count). The molecule has 0 radical (unpaired) electrons. The number of rotatable bonds is 4. The van der Waals surface area contributed by atoms with Gasteiger partial charge in [0, 0.05) is 26.6 Å². The van der Waals surface area contributed by atoms with Crippen molar-refractivity contribution < 1.29 is 9.59 Å². The molecule has 1 aliphatic rings. The van der Waals surface area contributed by atoms with Crippen LogP contribution in [0.25, 0.3) is 0 Å². The first-order valence-corrected chi connectivity index (χ1v) is 6.82. The highest BCUT2D eigenvalue weighted by molar-refractivity contribution is 5.89. The summed E-state index contributed by atoms with van der Waals surface area (Å²) in [5.74, 6) is -0.249. The van der Waals surface area contributed by atoms with Crippen molar-refractivity contribution in [2.24, 2.45) is 0 Å². The summed E-state index contributed by atoms with van der Waals surface area (Å²) in [4.78, 5) is 32.9. The SMILES string of the molecule is CCN(C)C(=O)C(C)NC(=O)C1Cc2nc[nH]c2CN1. The Bertz CT molecular complexity index is 499. The fourth-order valence-electron chi connectivity index (χ4n) is 2.22. The van der Waals surface area contributed by atoms with Crippen LogP contribution in [-0.2, 0) is 22.6 Å². The highest BCUT2D eigenvalue weighted by atomic mass is 16.2. The summed E-state index contributed by atoms with van der Waals surface area (Å²) in [5.41, 5.74) is 1.93. The summed E-state index contributed by atoms with van der Waals surface area (Å²) < 4.78 is 0. The molecule has 7 heteroatoms. The number of amides is 2. The number of H-pyrrole nitrogens is 1. The third kappa shape index (κ3) is 2.98. The average Bonchev–Trinajstić information content (AvgIpc) is 2.92. The number of hydrogen-bond donors (Lipinski definition) is 3. The summed E-state index contributed by atoms with van der Waals surface area (Å²) in [7, 11) is 1.72. The standard InChI is InChI=1S/C13H21N5O2/c1-4-18(3)13(20)8(2)17-12(19)10-5-9-11(6-14-10)16-7-15-9/h7-8,10,14H,4-6H2,1-3H3,(H,15,16)(H,17,19). The van der Waals surface area contributed by atoms with Crippen LogP contribution in [0.4, 0.5) is 0 Å². The summed E-state index contributed by atoms with van der Waals surface area (Å²) in [5, 5.41) is 5.90. The molecule has 0 spiro atoms. The van der Waals surface area contributed by atoms with E-state index in [0.717, 1.165) is 11.4 Å². The van der Waals surface area contributed by atoms with E-state index in [1.165, 1.54) is 0 Å². The van der Waals surface area contributed by atoms with Crippen LogP contribution < -0.4 is 10.6 Å². The number of likely N-dealkylation sites (N-methyl/N-ethyl adjacent to an activating group) is 1. The van der Waals surface area contributed by atoms with Crippen molar-refractivity contribution in [1.29, 1.82) is 0 Å². The van der Waals surface area contributed by atoms with Gasteiger partial charge in [0.25, 0.3) is 0 Å². The number of carbonyl (C=O) groups is 2. The highest BCUT2D eigenvalue weighted by Gasteiger charge is 2.28. The number of aromatic amines is 1. The van der Waals surface area contributed by atoms with Gasteiger partial charge in [-0.05, 0) is 13.8 Å². The third-order valence-electron chi connectivity index (χ3n) is 3.63.